The number of aromatic nitrogens is 2. The summed E-state index contributed by atoms with van der Waals surface area (Å²) in [6, 6.07) is 7.45. The van der Waals surface area contributed by atoms with Gasteiger partial charge in [-0.05, 0) is 37.6 Å². The molecular weight excluding hydrogens is 349 g/mol. The van der Waals surface area contributed by atoms with E-state index in [4.69, 9.17) is 28.3 Å². The van der Waals surface area contributed by atoms with Crippen molar-refractivity contribution in [3.63, 3.8) is 0 Å². The van der Waals surface area contributed by atoms with Crippen LogP contribution in [0.5, 0.6) is 0 Å². The second-order valence-corrected chi connectivity index (χ2v) is 6.30. The van der Waals surface area contributed by atoms with E-state index in [0.717, 1.165) is 11.3 Å². The lowest BCUT2D eigenvalue weighted by Gasteiger charge is -2.04. The predicted molar refractivity (Wildman–Crippen MR) is 96.3 cm³/mol. The van der Waals surface area contributed by atoms with E-state index in [2.05, 4.69) is 10.4 Å². The van der Waals surface area contributed by atoms with Gasteiger partial charge in [0.25, 0.3) is 0 Å². The first kappa shape index (κ1) is 18.5. The molecule has 24 heavy (non-hydrogen) atoms. The third-order valence-electron chi connectivity index (χ3n) is 3.33. The smallest absolute Gasteiger partial charge is 0.244 e. The highest BCUT2D eigenvalue weighted by Crippen LogP contribution is 2.22. The zero-order valence-electron chi connectivity index (χ0n) is 13.5. The van der Waals surface area contributed by atoms with Crippen molar-refractivity contribution in [2.45, 2.75) is 26.5 Å². The van der Waals surface area contributed by atoms with Gasteiger partial charge in [-0.3, -0.25) is 4.79 Å². The van der Waals surface area contributed by atoms with Crippen LogP contribution < -0.4 is 5.32 Å². The van der Waals surface area contributed by atoms with Crippen molar-refractivity contribution >= 4 is 35.2 Å². The van der Waals surface area contributed by atoms with Gasteiger partial charge in [0.05, 0.1) is 18.3 Å². The summed E-state index contributed by atoms with van der Waals surface area (Å²) < 4.78 is 1.67. The second kappa shape index (κ2) is 8.33. The van der Waals surface area contributed by atoms with Crippen LogP contribution in [-0.2, 0) is 11.3 Å². The third kappa shape index (κ3) is 5.09. The van der Waals surface area contributed by atoms with Crippen molar-refractivity contribution in [1.82, 2.24) is 15.1 Å². The van der Waals surface area contributed by atoms with Gasteiger partial charge in [0.2, 0.25) is 5.91 Å². The van der Waals surface area contributed by atoms with E-state index in [1.807, 2.05) is 31.2 Å². The Morgan fingerprint density at radius 3 is 2.67 bits per heavy atom. The average molecular weight is 368 g/mol. The number of halogens is 2. The van der Waals surface area contributed by atoms with E-state index in [0.29, 0.717) is 22.3 Å². The van der Waals surface area contributed by atoms with E-state index in [9.17, 15) is 4.79 Å². The van der Waals surface area contributed by atoms with E-state index in [1.54, 1.807) is 17.7 Å². The molecule has 0 spiro atoms. The summed E-state index contributed by atoms with van der Waals surface area (Å²) in [5.41, 5.74) is 2.44. The number of aryl methyl sites for hydroxylation is 1. The maximum absolute atomic E-state index is 11.7. The van der Waals surface area contributed by atoms with Gasteiger partial charge in [-0.25, -0.2) is 4.68 Å². The van der Waals surface area contributed by atoms with Crippen molar-refractivity contribution in [2.24, 2.45) is 0 Å². The van der Waals surface area contributed by atoms with Gasteiger partial charge in [-0.1, -0.05) is 35.3 Å². The molecule has 0 bridgehead atoms. The number of aliphatic hydroxyl groups is 1. The normalized spacial score (nSPS) is 12.5. The molecule has 5 nitrogen and oxygen atoms in total. The van der Waals surface area contributed by atoms with Crippen LogP contribution in [0.15, 0.2) is 30.3 Å². The number of carbonyl (C=O) groups excluding carboxylic acids is 1. The van der Waals surface area contributed by atoms with Crippen LogP contribution in [0.25, 0.3) is 6.08 Å². The minimum absolute atomic E-state index is 0.200. The Bertz CT molecular complexity index is 737. The molecule has 0 saturated carbocycles. The number of aliphatic hydroxyl groups excluding tert-OH is 1. The van der Waals surface area contributed by atoms with Crippen molar-refractivity contribution in [2.75, 3.05) is 6.54 Å². The predicted octanol–water partition coefficient (Wildman–Crippen LogP) is 3.06. The standard InChI is InChI=1S/C17H19Cl2N3O2/c1-11(23)9-20-16(24)8-7-15-12(2)21-22(17(15)19)10-13-3-5-14(18)6-4-13/h3-8,11,23H,9-10H2,1-2H3,(H,20,24)/b8-7+. The number of carbonyl (C=O) groups is 1. The van der Waals surface area contributed by atoms with Crippen molar-refractivity contribution in [3.05, 3.63) is 57.3 Å². The highest BCUT2D eigenvalue weighted by atomic mass is 35.5. The molecule has 0 saturated heterocycles. The number of nitrogens with one attached hydrogen (secondary N) is 1. The van der Waals surface area contributed by atoms with Crippen molar-refractivity contribution < 1.29 is 9.90 Å². The summed E-state index contributed by atoms with van der Waals surface area (Å²) >= 11 is 12.3. The van der Waals surface area contributed by atoms with E-state index in [1.165, 1.54) is 6.08 Å². The van der Waals surface area contributed by atoms with Gasteiger partial charge in [0.1, 0.15) is 5.15 Å². The van der Waals surface area contributed by atoms with Gasteiger partial charge >= 0.3 is 0 Å². The van der Waals surface area contributed by atoms with E-state index >= 15 is 0 Å². The molecule has 0 aliphatic rings. The molecule has 1 unspecified atom stereocenters. The third-order valence-corrected chi connectivity index (χ3v) is 3.98. The van der Waals surface area contributed by atoms with Crippen LogP contribution in [0.4, 0.5) is 0 Å². The first-order valence-corrected chi connectivity index (χ1v) is 8.23. The summed E-state index contributed by atoms with van der Waals surface area (Å²) in [5.74, 6) is -0.295. The lowest BCUT2D eigenvalue weighted by molar-refractivity contribution is -0.116. The Kier molecular flexibility index (Phi) is 6.43. The summed E-state index contributed by atoms with van der Waals surface area (Å²) in [7, 11) is 0. The minimum Gasteiger partial charge on any atom is -0.392 e. The van der Waals surface area contributed by atoms with Crippen molar-refractivity contribution in [1.29, 1.82) is 0 Å². The Morgan fingerprint density at radius 2 is 2.04 bits per heavy atom. The lowest BCUT2D eigenvalue weighted by Crippen LogP contribution is -2.28. The molecule has 1 aromatic carbocycles. The topological polar surface area (TPSA) is 67.2 Å². The molecule has 2 N–H and O–H groups in total. The van der Waals surface area contributed by atoms with E-state index in [-0.39, 0.29) is 12.5 Å². The first-order chi connectivity index (χ1) is 11.4. The Labute approximate surface area is 150 Å². The molecule has 2 aromatic rings. The summed E-state index contributed by atoms with van der Waals surface area (Å²) in [4.78, 5) is 11.7. The van der Waals surface area contributed by atoms with E-state index < -0.39 is 6.10 Å². The van der Waals surface area contributed by atoms with Crippen LogP contribution in [0, 0.1) is 6.92 Å². The monoisotopic (exact) mass is 367 g/mol. The molecule has 1 atom stereocenters. The Balaban J connectivity index is 2.11. The summed E-state index contributed by atoms with van der Waals surface area (Å²) in [6.07, 6.45) is 2.42. The Morgan fingerprint density at radius 1 is 1.38 bits per heavy atom. The minimum atomic E-state index is -0.588. The van der Waals surface area contributed by atoms with Crippen LogP contribution in [0.3, 0.4) is 0 Å². The molecule has 128 valence electrons. The summed E-state index contributed by atoms with van der Waals surface area (Å²) in [6.45, 7) is 4.15. The molecule has 0 fully saturated rings. The summed E-state index contributed by atoms with van der Waals surface area (Å²) in [5, 5.41) is 17.3. The molecule has 0 aliphatic heterocycles. The lowest BCUT2D eigenvalue weighted by atomic mass is 10.2. The molecule has 1 aromatic heterocycles. The number of hydrogen-bond acceptors (Lipinski definition) is 3. The average Bonchev–Trinajstić information content (AvgIpc) is 2.79. The maximum Gasteiger partial charge on any atom is 0.244 e. The van der Waals surface area contributed by atoms with Crippen LogP contribution >= 0.6 is 23.2 Å². The van der Waals surface area contributed by atoms with Gasteiger partial charge < -0.3 is 10.4 Å². The number of nitrogens with zero attached hydrogens (tertiary/aromatic N) is 2. The molecule has 0 radical (unpaired) electrons. The van der Waals surface area contributed by atoms with Crippen LogP contribution in [0.1, 0.15) is 23.7 Å². The fourth-order valence-electron chi connectivity index (χ4n) is 2.09. The maximum atomic E-state index is 11.7. The molecule has 7 heteroatoms. The first-order valence-electron chi connectivity index (χ1n) is 7.48. The molecule has 1 heterocycles. The van der Waals surface area contributed by atoms with Gasteiger partial charge in [0.15, 0.2) is 0 Å². The highest BCUT2D eigenvalue weighted by molar-refractivity contribution is 6.31. The fraction of sp³-hybridized carbons (Fsp3) is 0.294. The van der Waals surface area contributed by atoms with Gasteiger partial charge in [-0.2, -0.15) is 5.10 Å². The fourth-order valence-corrected chi connectivity index (χ4v) is 2.51. The Hall–Kier alpha value is -1.82. The molecule has 1 amide bonds. The van der Waals surface area contributed by atoms with Crippen molar-refractivity contribution in [3.8, 4) is 0 Å². The van der Waals surface area contributed by atoms with Crippen LogP contribution in [-0.4, -0.2) is 33.4 Å². The highest BCUT2D eigenvalue weighted by Gasteiger charge is 2.12. The van der Waals surface area contributed by atoms with Gasteiger partial charge in [-0.15, -0.1) is 0 Å². The molecular formula is C17H19Cl2N3O2. The zero-order chi connectivity index (χ0) is 17.7. The number of rotatable bonds is 6. The largest absolute Gasteiger partial charge is 0.392 e. The molecule has 0 aliphatic carbocycles. The number of amides is 1. The molecule has 2 rings (SSSR count). The number of hydrogen-bond donors (Lipinski definition) is 2. The second-order valence-electron chi connectivity index (χ2n) is 5.50. The quantitative estimate of drug-likeness (QED) is 0.771. The zero-order valence-corrected chi connectivity index (χ0v) is 15.0. The van der Waals surface area contributed by atoms with Gasteiger partial charge in [0, 0.05) is 23.2 Å². The number of benzene rings is 1. The van der Waals surface area contributed by atoms with Crippen LogP contribution in [0.2, 0.25) is 10.2 Å². The SMILES string of the molecule is Cc1nn(Cc2ccc(Cl)cc2)c(Cl)c1/C=C/C(=O)NCC(C)O.